The highest BCUT2D eigenvalue weighted by Gasteiger charge is 2.20. The van der Waals surface area contributed by atoms with E-state index in [1.165, 1.54) is 0 Å². The van der Waals surface area contributed by atoms with Crippen LogP contribution in [0.3, 0.4) is 0 Å². The summed E-state index contributed by atoms with van der Waals surface area (Å²) in [5, 5.41) is 0. The maximum absolute atomic E-state index is 12.3. The van der Waals surface area contributed by atoms with Gasteiger partial charge in [0, 0.05) is 5.56 Å². The topological polar surface area (TPSA) is 61.8 Å². The van der Waals surface area contributed by atoms with Gasteiger partial charge in [-0.25, -0.2) is 4.79 Å². The average Bonchev–Trinajstić information content (AvgIpc) is 2.60. The number of hydrogen-bond donors (Lipinski definition) is 0. The first-order valence-corrected chi connectivity index (χ1v) is 7.99. The predicted octanol–water partition coefficient (Wildman–Crippen LogP) is 3.51. The monoisotopic (exact) mass is 342 g/mol. The SMILES string of the molecule is COc1ccc(C(=O)[C@H](C)OC(=O)COc2c(C)cccc2C)cc1. The minimum Gasteiger partial charge on any atom is -0.497 e. The molecule has 2 rings (SSSR count). The Morgan fingerprint density at radius 1 is 1.00 bits per heavy atom. The van der Waals surface area contributed by atoms with Crippen molar-refractivity contribution in [2.75, 3.05) is 13.7 Å². The van der Waals surface area contributed by atoms with Crippen molar-refractivity contribution in [3.05, 3.63) is 59.2 Å². The third-order valence-corrected chi connectivity index (χ3v) is 3.80. The van der Waals surface area contributed by atoms with Crippen LogP contribution in [0.1, 0.15) is 28.4 Å². The second kappa shape index (κ2) is 8.33. The number of hydrogen-bond acceptors (Lipinski definition) is 5. The lowest BCUT2D eigenvalue weighted by molar-refractivity contribution is -0.148. The maximum atomic E-state index is 12.3. The number of Topliss-reactive ketones (excluding diaryl/α,β-unsaturated/α-hetero) is 1. The van der Waals surface area contributed by atoms with E-state index in [0.717, 1.165) is 11.1 Å². The number of para-hydroxylation sites is 1. The van der Waals surface area contributed by atoms with Crippen molar-refractivity contribution in [1.82, 2.24) is 0 Å². The number of carbonyl (C=O) groups excluding carboxylic acids is 2. The van der Waals surface area contributed by atoms with E-state index >= 15 is 0 Å². The van der Waals surface area contributed by atoms with Gasteiger partial charge in [-0.3, -0.25) is 4.79 Å². The van der Waals surface area contributed by atoms with Gasteiger partial charge in [-0.15, -0.1) is 0 Å². The van der Waals surface area contributed by atoms with Gasteiger partial charge in [0.2, 0.25) is 5.78 Å². The Hall–Kier alpha value is -2.82. The number of benzene rings is 2. The molecular weight excluding hydrogens is 320 g/mol. The van der Waals surface area contributed by atoms with Crippen molar-refractivity contribution in [2.24, 2.45) is 0 Å². The van der Waals surface area contributed by atoms with Gasteiger partial charge in [0.05, 0.1) is 7.11 Å². The van der Waals surface area contributed by atoms with Crippen LogP contribution in [0.5, 0.6) is 11.5 Å². The molecule has 0 saturated heterocycles. The van der Waals surface area contributed by atoms with Crippen LogP contribution in [-0.2, 0) is 9.53 Å². The zero-order valence-electron chi connectivity index (χ0n) is 14.9. The van der Waals surface area contributed by atoms with Crippen LogP contribution in [-0.4, -0.2) is 31.6 Å². The van der Waals surface area contributed by atoms with Crippen LogP contribution in [0.25, 0.3) is 0 Å². The smallest absolute Gasteiger partial charge is 0.344 e. The van der Waals surface area contributed by atoms with Crippen LogP contribution >= 0.6 is 0 Å². The molecule has 1 atom stereocenters. The molecule has 0 aromatic heterocycles. The van der Waals surface area contributed by atoms with Crippen LogP contribution < -0.4 is 9.47 Å². The minimum atomic E-state index is -0.887. The second-order valence-corrected chi connectivity index (χ2v) is 5.73. The van der Waals surface area contributed by atoms with Crippen molar-refractivity contribution in [2.45, 2.75) is 26.9 Å². The molecule has 5 heteroatoms. The molecule has 5 nitrogen and oxygen atoms in total. The number of carbonyl (C=O) groups is 2. The van der Waals surface area contributed by atoms with E-state index in [2.05, 4.69) is 0 Å². The van der Waals surface area contributed by atoms with E-state index in [4.69, 9.17) is 14.2 Å². The fourth-order valence-corrected chi connectivity index (χ4v) is 2.43. The quantitative estimate of drug-likeness (QED) is 0.569. The van der Waals surface area contributed by atoms with E-state index < -0.39 is 12.1 Å². The lowest BCUT2D eigenvalue weighted by Crippen LogP contribution is -2.27. The minimum absolute atomic E-state index is 0.244. The summed E-state index contributed by atoms with van der Waals surface area (Å²) in [7, 11) is 1.55. The molecule has 0 N–H and O–H groups in total. The van der Waals surface area contributed by atoms with Crippen molar-refractivity contribution in [1.29, 1.82) is 0 Å². The van der Waals surface area contributed by atoms with Gasteiger partial charge in [0.25, 0.3) is 0 Å². The molecule has 2 aromatic carbocycles. The van der Waals surface area contributed by atoms with Crippen molar-refractivity contribution < 1.29 is 23.8 Å². The van der Waals surface area contributed by atoms with Crippen molar-refractivity contribution in [3.63, 3.8) is 0 Å². The Morgan fingerprint density at radius 3 is 2.16 bits per heavy atom. The zero-order valence-corrected chi connectivity index (χ0v) is 14.9. The summed E-state index contributed by atoms with van der Waals surface area (Å²) < 4.78 is 15.8. The summed E-state index contributed by atoms with van der Waals surface area (Å²) in [5.41, 5.74) is 2.34. The molecule has 0 radical (unpaired) electrons. The normalized spacial score (nSPS) is 11.5. The van der Waals surface area contributed by atoms with Gasteiger partial charge in [0.15, 0.2) is 12.7 Å². The first-order chi connectivity index (χ1) is 11.9. The molecule has 132 valence electrons. The second-order valence-electron chi connectivity index (χ2n) is 5.73. The van der Waals surface area contributed by atoms with E-state index in [-0.39, 0.29) is 12.4 Å². The van der Waals surface area contributed by atoms with E-state index in [0.29, 0.717) is 17.1 Å². The number of ketones is 1. The molecule has 0 spiro atoms. The van der Waals surface area contributed by atoms with Gasteiger partial charge in [-0.2, -0.15) is 0 Å². The van der Waals surface area contributed by atoms with Gasteiger partial charge < -0.3 is 14.2 Å². The van der Waals surface area contributed by atoms with E-state index in [1.54, 1.807) is 38.3 Å². The predicted molar refractivity (Wildman–Crippen MR) is 94.3 cm³/mol. The van der Waals surface area contributed by atoms with Crippen molar-refractivity contribution >= 4 is 11.8 Å². The van der Waals surface area contributed by atoms with Gasteiger partial charge in [-0.1, -0.05) is 18.2 Å². The summed E-state index contributed by atoms with van der Waals surface area (Å²) in [6, 6.07) is 12.4. The Kier molecular flexibility index (Phi) is 6.17. The Morgan fingerprint density at radius 2 is 1.60 bits per heavy atom. The molecule has 0 saturated carbocycles. The van der Waals surface area contributed by atoms with Crippen molar-refractivity contribution in [3.8, 4) is 11.5 Å². The summed E-state index contributed by atoms with van der Waals surface area (Å²) in [5.74, 6) is 0.455. The standard InChI is InChI=1S/C20H22O5/c1-13-6-5-7-14(2)20(13)24-12-18(21)25-15(3)19(22)16-8-10-17(23-4)11-9-16/h5-11,15H,12H2,1-4H3/t15-/m0/s1. The fourth-order valence-electron chi connectivity index (χ4n) is 2.43. The highest BCUT2D eigenvalue weighted by Crippen LogP contribution is 2.22. The molecule has 0 aliphatic rings. The fraction of sp³-hybridized carbons (Fsp3) is 0.300. The molecule has 0 aliphatic heterocycles. The van der Waals surface area contributed by atoms with Gasteiger partial charge in [-0.05, 0) is 56.2 Å². The number of aryl methyl sites for hydroxylation is 2. The Labute approximate surface area is 147 Å². The highest BCUT2D eigenvalue weighted by molar-refractivity contribution is 6.00. The Bertz CT molecular complexity index is 729. The molecule has 0 aliphatic carbocycles. The number of rotatable bonds is 7. The summed E-state index contributed by atoms with van der Waals surface area (Å²) in [6.45, 7) is 5.11. The molecule has 0 fully saturated rings. The molecule has 0 bridgehead atoms. The molecular formula is C20H22O5. The lowest BCUT2D eigenvalue weighted by atomic mass is 10.1. The number of esters is 1. The largest absolute Gasteiger partial charge is 0.497 e. The molecule has 2 aromatic rings. The summed E-state index contributed by atoms with van der Waals surface area (Å²) in [4.78, 5) is 24.3. The third-order valence-electron chi connectivity index (χ3n) is 3.80. The lowest BCUT2D eigenvalue weighted by Gasteiger charge is -2.14. The third kappa shape index (κ3) is 4.83. The molecule has 0 unspecified atom stereocenters. The molecule has 25 heavy (non-hydrogen) atoms. The highest BCUT2D eigenvalue weighted by atomic mass is 16.6. The first kappa shape index (κ1) is 18.5. The van der Waals surface area contributed by atoms with Crippen LogP contribution in [0.2, 0.25) is 0 Å². The summed E-state index contributed by atoms with van der Waals surface area (Å²) in [6.07, 6.45) is -0.887. The van der Waals surface area contributed by atoms with Crippen LogP contribution in [0.4, 0.5) is 0 Å². The van der Waals surface area contributed by atoms with Gasteiger partial charge in [0.1, 0.15) is 11.5 Å². The number of ether oxygens (including phenoxy) is 3. The van der Waals surface area contributed by atoms with Crippen LogP contribution in [0.15, 0.2) is 42.5 Å². The summed E-state index contributed by atoms with van der Waals surface area (Å²) >= 11 is 0. The molecule has 0 heterocycles. The Balaban J connectivity index is 1.91. The average molecular weight is 342 g/mol. The van der Waals surface area contributed by atoms with E-state index in [1.807, 2.05) is 32.0 Å². The zero-order chi connectivity index (χ0) is 18.4. The number of methoxy groups -OCH3 is 1. The van der Waals surface area contributed by atoms with E-state index in [9.17, 15) is 9.59 Å². The van der Waals surface area contributed by atoms with Crippen LogP contribution in [0, 0.1) is 13.8 Å². The molecule has 0 amide bonds. The maximum Gasteiger partial charge on any atom is 0.344 e. The first-order valence-electron chi connectivity index (χ1n) is 7.99. The van der Waals surface area contributed by atoms with Gasteiger partial charge >= 0.3 is 5.97 Å².